The van der Waals surface area contributed by atoms with Crippen LogP contribution in [0.15, 0.2) is 43.9 Å². The Labute approximate surface area is 173 Å². The number of hydrogen-bond acceptors (Lipinski definition) is 10. The first-order valence-corrected chi connectivity index (χ1v) is 12.0. The van der Waals surface area contributed by atoms with E-state index in [2.05, 4.69) is 43.2 Å². The number of aryl methyl sites for hydroxylation is 1. The molecule has 0 aromatic carbocycles. The summed E-state index contributed by atoms with van der Waals surface area (Å²) in [4.78, 5) is 6.86. The maximum Gasteiger partial charge on any atom is 0.227 e. The third-order valence-corrected chi connectivity index (χ3v) is 7.51. The molecule has 0 atom stereocenters. The maximum absolute atomic E-state index is 5.32. The summed E-state index contributed by atoms with van der Waals surface area (Å²) < 4.78 is 6.31. The maximum atomic E-state index is 5.32. The molecule has 0 amide bonds. The molecule has 27 heavy (non-hydrogen) atoms. The predicted molar refractivity (Wildman–Crippen MR) is 113 cm³/mol. The quantitative estimate of drug-likeness (QED) is 0.274. The Morgan fingerprint density at radius 1 is 1.07 bits per heavy atom. The number of thiophene rings is 2. The van der Waals surface area contributed by atoms with Crippen molar-refractivity contribution < 1.29 is 4.52 Å². The zero-order chi connectivity index (χ0) is 18.3. The van der Waals surface area contributed by atoms with Crippen LogP contribution in [-0.4, -0.2) is 32.6 Å². The van der Waals surface area contributed by atoms with E-state index in [1.165, 1.54) is 4.88 Å². The van der Waals surface area contributed by atoms with Crippen LogP contribution >= 0.6 is 45.8 Å². The standard InChI is InChI=1S/C17H17N5OS4/c1-4-12(24-9-1)7-8-18-16-20-21-17(27-16)26-11-3-6-14-19-15(22-23-14)13-5-2-10-25-13/h1-2,4-5,9-10H,3,6-8,11H2,(H,18,20). The molecule has 10 heteroatoms. The lowest BCUT2D eigenvalue weighted by atomic mass is 10.3. The molecule has 4 rings (SSSR count). The van der Waals surface area contributed by atoms with Gasteiger partial charge in [-0.15, -0.1) is 32.9 Å². The number of hydrogen-bond donors (Lipinski definition) is 1. The van der Waals surface area contributed by atoms with E-state index < -0.39 is 0 Å². The molecule has 6 nitrogen and oxygen atoms in total. The fraction of sp³-hybridized carbons (Fsp3) is 0.294. The normalized spacial score (nSPS) is 11.1. The summed E-state index contributed by atoms with van der Waals surface area (Å²) in [5, 5.41) is 20.8. The van der Waals surface area contributed by atoms with Gasteiger partial charge in [0, 0.05) is 23.6 Å². The molecule has 0 radical (unpaired) electrons. The van der Waals surface area contributed by atoms with Gasteiger partial charge in [0.25, 0.3) is 0 Å². The summed E-state index contributed by atoms with van der Waals surface area (Å²) in [7, 11) is 0. The molecule has 0 unspecified atom stereocenters. The third kappa shape index (κ3) is 5.38. The first kappa shape index (κ1) is 18.6. The largest absolute Gasteiger partial charge is 0.360 e. The van der Waals surface area contributed by atoms with Crippen molar-refractivity contribution in [3.63, 3.8) is 0 Å². The molecular formula is C17H17N5OS4. The van der Waals surface area contributed by atoms with E-state index in [4.69, 9.17) is 4.52 Å². The average Bonchev–Trinajstić information content (AvgIpc) is 3.47. The minimum atomic E-state index is 0.676. The molecule has 4 aromatic rings. The number of aromatic nitrogens is 4. The van der Waals surface area contributed by atoms with Crippen molar-refractivity contribution in [1.29, 1.82) is 0 Å². The molecule has 0 saturated heterocycles. The van der Waals surface area contributed by atoms with Crippen LogP contribution in [0.1, 0.15) is 17.2 Å². The van der Waals surface area contributed by atoms with Crippen LogP contribution in [-0.2, 0) is 12.8 Å². The van der Waals surface area contributed by atoms with Crippen LogP contribution < -0.4 is 5.32 Å². The molecule has 0 bridgehead atoms. The molecule has 1 N–H and O–H groups in total. The lowest BCUT2D eigenvalue weighted by Gasteiger charge is -1.99. The number of nitrogens with one attached hydrogen (secondary N) is 1. The number of rotatable bonds is 10. The molecule has 0 aliphatic heterocycles. The smallest absolute Gasteiger partial charge is 0.227 e. The van der Waals surface area contributed by atoms with E-state index in [0.29, 0.717) is 11.7 Å². The van der Waals surface area contributed by atoms with Gasteiger partial charge in [-0.05, 0) is 35.7 Å². The first-order valence-electron chi connectivity index (χ1n) is 8.46. The fourth-order valence-electron chi connectivity index (χ4n) is 2.33. The van der Waals surface area contributed by atoms with E-state index in [0.717, 1.165) is 45.9 Å². The van der Waals surface area contributed by atoms with E-state index in [1.807, 2.05) is 17.5 Å². The second-order valence-corrected chi connectivity index (χ2v) is 9.87. The zero-order valence-corrected chi connectivity index (χ0v) is 17.6. The Hall–Kier alpha value is -1.75. The molecule has 0 aliphatic rings. The predicted octanol–water partition coefficient (Wildman–Crippen LogP) is 5.09. The Morgan fingerprint density at radius 2 is 2.00 bits per heavy atom. The van der Waals surface area contributed by atoms with E-state index >= 15 is 0 Å². The fourth-order valence-corrected chi connectivity index (χ4v) is 5.48. The highest BCUT2D eigenvalue weighted by Gasteiger charge is 2.10. The third-order valence-electron chi connectivity index (χ3n) is 3.60. The van der Waals surface area contributed by atoms with E-state index in [9.17, 15) is 0 Å². The van der Waals surface area contributed by atoms with Crippen LogP contribution in [0.4, 0.5) is 5.13 Å². The van der Waals surface area contributed by atoms with Crippen molar-refractivity contribution in [2.45, 2.75) is 23.6 Å². The Morgan fingerprint density at radius 3 is 2.85 bits per heavy atom. The van der Waals surface area contributed by atoms with Crippen LogP contribution in [0.25, 0.3) is 10.7 Å². The molecule has 4 aromatic heterocycles. The minimum absolute atomic E-state index is 0.676. The first-order chi connectivity index (χ1) is 13.4. The van der Waals surface area contributed by atoms with Gasteiger partial charge < -0.3 is 9.84 Å². The molecule has 140 valence electrons. The highest BCUT2D eigenvalue weighted by Crippen LogP contribution is 2.27. The number of thioether (sulfide) groups is 1. The van der Waals surface area contributed by atoms with Gasteiger partial charge >= 0.3 is 0 Å². The lowest BCUT2D eigenvalue weighted by molar-refractivity contribution is 0.378. The van der Waals surface area contributed by atoms with Crippen LogP contribution in [0.3, 0.4) is 0 Å². The van der Waals surface area contributed by atoms with E-state index in [1.54, 1.807) is 45.8 Å². The summed E-state index contributed by atoms with van der Waals surface area (Å²) in [6.45, 7) is 0.879. The van der Waals surface area contributed by atoms with Crippen molar-refractivity contribution in [3.8, 4) is 10.7 Å². The summed E-state index contributed by atoms with van der Waals surface area (Å²) in [6.07, 6.45) is 2.74. The van der Waals surface area contributed by atoms with Crippen molar-refractivity contribution in [3.05, 3.63) is 45.8 Å². The Balaban J connectivity index is 1.16. The molecular weight excluding hydrogens is 418 g/mol. The summed E-state index contributed by atoms with van der Waals surface area (Å²) >= 11 is 6.71. The van der Waals surface area contributed by atoms with Crippen molar-refractivity contribution in [1.82, 2.24) is 20.3 Å². The summed E-state index contributed by atoms with van der Waals surface area (Å²) in [5.41, 5.74) is 0. The topological polar surface area (TPSA) is 76.7 Å². The minimum Gasteiger partial charge on any atom is -0.360 e. The van der Waals surface area contributed by atoms with Gasteiger partial charge in [-0.1, -0.05) is 40.4 Å². The Kier molecular flexibility index (Phi) is 6.51. The second kappa shape index (κ2) is 9.45. The van der Waals surface area contributed by atoms with Gasteiger partial charge in [0.15, 0.2) is 4.34 Å². The molecule has 0 fully saturated rings. The summed E-state index contributed by atoms with van der Waals surface area (Å²) in [5.74, 6) is 2.31. The van der Waals surface area contributed by atoms with Gasteiger partial charge in [-0.3, -0.25) is 0 Å². The van der Waals surface area contributed by atoms with Gasteiger partial charge in [-0.25, -0.2) is 0 Å². The number of anilines is 1. The Bertz CT molecular complexity index is 933. The summed E-state index contributed by atoms with van der Waals surface area (Å²) in [6, 6.07) is 8.22. The van der Waals surface area contributed by atoms with Crippen LogP contribution in [0.2, 0.25) is 0 Å². The van der Waals surface area contributed by atoms with Gasteiger partial charge in [-0.2, -0.15) is 4.98 Å². The lowest BCUT2D eigenvalue weighted by Crippen LogP contribution is -2.03. The van der Waals surface area contributed by atoms with E-state index in [-0.39, 0.29) is 0 Å². The van der Waals surface area contributed by atoms with Gasteiger partial charge in [0.1, 0.15) is 0 Å². The highest BCUT2D eigenvalue weighted by atomic mass is 32.2. The van der Waals surface area contributed by atoms with Crippen molar-refractivity contribution >= 4 is 50.9 Å². The SMILES string of the molecule is c1csc(CCNc2nnc(SCCCc3nc(-c4cccs4)no3)s2)c1. The average molecular weight is 436 g/mol. The van der Waals surface area contributed by atoms with Gasteiger partial charge in [0.05, 0.1) is 4.88 Å². The zero-order valence-electron chi connectivity index (χ0n) is 14.3. The van der Waals surface area contributed by atoms with Crippen LogP contribution in [0, 0.1) is 0 Å². The van der Waals surface area contributed by atoms with Gasteiger partial charge in [0.2, 0.25) is 16.8 Å². The van der Waals surface area contributed by atoms with Crippen molar-refractivity contribution in [2.75, 3.05) is 17.6 Å². The molecule has 4 heterocycles. The number of nitrogens with zero attached hydrogens (tertiary/aromatic N) is 4. The molecule has 0 spiro atoms. The monoisotopic (exact) mass is 435 g/mol. The highest BCUT2D eigenvalue weighted by molar-refractivity contribution is 8.01. The van der Waals surface area contributed by atoms with Crippen molar-refractivity contribution in [2.24, 2.45) is 0 Å². The molecule has 0 saturated carbocycles. The second-order valence-electron chi connectivity index (χ2n) is 5.57. The van der Waals surface area contributed by atoms with Crippen LogP contribution in [0.5, 0.6) is 0 Å². The molecule has 0 aliphatic carbocycles.